The van der Waals surface area contributed by atoms with Crippen molar-refractivity contribution in [2.75, 3.05) is 11.9 Å². The summed E-state index contributed by atoms with van der Waals surface area (Å²) >= 11 is 0. The summed E-state index contributed by atoms with van der Waals surface area (Å²) in [5.41, 5.74) is 0.168. The number of aryl methyl sites for hydroxylation is 1. The molecule has 0 fully saturated rings. The van der Waals surface area contributed by atoms with Gasteiger partial charge in [0.2, 0.25) is 5.88 Å². The van der Waals surface area contributed by atoms with Gasteiger partial charge in [-0.15, -0.1) is 0 Å². The molecule has 0 spiro atoms. The molecule has 2 heterocycles. The normalized spacial score (nSPS) is 10.4. The monoisotopic (exact) mass is 291 g/mol. The number of hydrogen-bond acceptors (Lipinski definition) is 6. The van der Waals surface area contributed by atoms with Crippen molar-refractivity contribution < 1.29 is 19.1 Å². The summed E-state index contributed by atoms with van der Waals surface area (Å²) in [5.74, 6) is 0.992. The van der Waals surface area contributed by atoms with E-state index in [9.17, 15) is 4.79 Å². The third kappa shape index (κ3) is 3.95. The van der Waals surface area contributed by atoms with Gasteiger partial charge in [-0.05, 0) is 19.4 Å². The molecule has 0 aliphatic rings. The molecule has 0 amide bonds. The maximum absolute atomic E-state index is 10.9. The number of anilines is 1. The van der Waals surface area contributed by atoms with Crippen LogP contribution in [0.4, 0.5) is 5.82 Å². The highest BCUT2D eigenvalue weighted by Crippen LogP contribution is 2.17. The van der Waals surface area contributed by atoms with Gasteiger partial charge in [-0.3, -0.25) is 0 Å². The summed E-state index contributed by atoms with van der Waals surface area (Å²) in [4.78, 5) is 19.0. The molecule has 2 rings (SSSR count). The maximum atomic E-state index is 10.9. The second-order valence-corrected chi connectivity index (χ2v) is 4.43. The molecule has 0 unspecified atom stereocenters. The lowest BCUT2D eigenvalue weighted by Gasteiger charge is -2.06. The van der Waals surface area contributed by atoms with Crippen molar-refractivity contribution in [2.45, 2.75) is 26.8 Å². The number of nitrogens with one attached hydrogen (secondary N) is 1. The van der Waals surface area contributed by atoms with E-state index in [2.05, 4.69) is 15.3 Å². The summed E-state index contributed by atoms with van der Waals surface area (Å²) in [7, 11) is 0. The minimum Gasteiger partial charge on any atom is -0.478 e. The zero-order valence-corrected chi connectivity index (χ0v) is 11.9. The fraction of sp³-hybridized carbons (Fsp3) is 0.357. The molecule has 112 valence electrons. The summed E-state index contributed by atoms with van der Waals surface area (Å²) in [6, 6.07) is 3.18. The Bertz CT molecular complexity index is 624. The molecule has 2 aromatic heterocycles. The molecule has 0 atom stereocenters. The van der Waals surface area contributed by atoms with Gasteiger partial charge in [0.05, 0.1) is 13.2 Å². The standard InChI is InChI=1S/C14H17N3O4/c1-3-4-20-13-6-12(16-8-17-13)15-7-10-5-11(14(18)19)9(2)21-10/h5-6,8H,3-4,7H2,1-2H3,(H,18,19)(H,15,16,17). The number of carboxylic acids is 1. The average molecular weight is 291 g/mol. The smallest absolute Gasteiger partial charge is 0.339 e. The van der Waals surface area contributed by atoms with E-state index in [4.69, 9.17) is 14.3 Å². The van der Waals surface area contributed by atoms with E-state index in [0.717, 1.165) is 6.42 Å². The molecule has 7 heteroatoms. The largest absolute Gasteiger partial charge is 0.478 e. The van der Waals surface area contributed by atoms with Gasteiger partial charge >= 0.3 is 5.97 Å². The maximum Gasteiger partial charge on any atom is 0.339 e. The van der Waals surface area contributed by atoms with Crippen LogP contribution in [0.25, 0.3) is 0 Å². The van der Waals surface area contributed by atoms with E-state index >= 15 is 0 Å². The van der Waals surface area contributed by atoms with Crippen molar-refractivity contribution in [3.8, 4) is 5.88 Å². The number of aromatic carboxylic acids is 1. The highest BCUT2D eigenvalue weighted by Gasteiger charge is 2.13. The third-order valence-electron chi connectivity index (χ3n) is 2.74. The lowest BCUT2D eigenvalue weighted by molar-refractivity contribution is 0.0695. The Morgan fingerprint density at radius 1 is 1.43 bits per heavy atom. The van der Waals surface area contributed by atoms with Crippen LogP contribution < -0.4 is 10.1 Å². The zero-order chi connectivity index (χ0) is 15.2. The molecule has 0 radical (unpaired) electrons. The topological polar surface area (TPSA) is 97.5 Å². The van der Waals surface area contributed by atoms with Crippen molar-refractivity contribution >= 4 is 11.8 Å². The minimum absolute atomic E-state index is 0.168. The second-order valence-electron chi connectivity index (χ2n) is 4.43. The van der Waals surface area contributed by atoms with Crippen LogP contribution in [0.3, 0.4) is 0 Å². The van der Waals surface area contributed by atoms with E-state index in [1.807, 2.05) is 6.92 Å². The Morgan fingerprint density at radius 2 is 2.24 bits per heavy atom. The first-order valence-electron chi connectivity index (χ1n) is 6.61. The van der Waals surface area contributed by atoms with Gasteiger partial charge in [-0.2, -0.15) is 0 Å². The van der Waals surface area contributed by atoms with Crippen LogP contribution in [0.2, 0.25) is 0 Å². The van der Waals surface area contributed by atoms with Crippen LogP contribution in [0.1, 0.15) is 35.2 Å². The Hall–Kier alpha value is -2.57. The van der Waals surface area contributed by atoms with Crippen molar-refractivity contribution in [3.05, 3.63) is 35.5 Å². The molecule has 0 bridgehead atoms. The van der Waals surface area contributed by atoms with Gasteiger partial charge in [0.15, 0.2) is 0 Å². The molecular formula is C14H17N3O4. The summed E-state index contributed by atoms with van der Waals surface area (Å²) < 4.78 is 10.8. The van der Waals surface area contributed by atoms with E-state index in [0.29, 0.717) is 36.4 Å². The van der Waals surface area contributed by atoms with Crippen LogP contribution in [-0.2, 0) is 6.54 Å². The molecule has 2 aromatic rings. The van der Waals surface area contributed by atoms with Crippen LogP contribution in [0, 0.1) is 6.92 Å². The lowest BCUT2D eigenvalue weighted by atomic mass is 10.2. The van der Waals surface area contributed by atoms with Crippen LogP contribution in [-0.4, -0.2) is 27.7 Å². The number of rotatable bonds is 7. The van der Waals surface area contributed by atoms with E-state index < -0.39 is 5.97 Å². The number of nitrogens with zero attached hydrogens (tertiary/aromatic N) is 2. The van der Waals surface area contributed by atoms with Crippen LogP contribution in [0.5, 0.6) is 5.88 Å². The molecule has 2 N–H and O–H groups in total. The molecule has 0 aliphatic heterocycles. The van der Waals surface area contributed by atoms with Gasteiger partial charge in [0, 0.05) is 6.07 Å². The first-order chi connectivity index (χ1) is 10.1. The number of aromatic nitrogens is 2. The predicted molar refractivity (Wildman–Crippen MR) is 75.5 cm³/mol. The Kier molecular flexibility index (Phi) is 4.76. The fourth-order valence-corrected chi connectivity index (χ4v) is 1.74. The molecular weight excluding hydrogens is 274 g/mol. The van der Waals surface area contributed by atoms with Crippen molar-refractivity contribution in [1.82, 2.24) is 9.97 Å². The lowest BCUT2D eigenvalue weighted by Crippen LogP contribution is -2.03. The number of ether oxygens (including phenoxy) is 1. The Labute approximate surface area is 122 Å². The molecule has 0 saturated carbocycles. The van der Waals surface area contributed by atoms with Crippen LogP contribution in [0.15, 0.2) is 22.9 Å². The van der Waals surface area contributed by atoms with E-state index in [1.165, 1.54) is 12.4 Å². The Morgan fingerprint density at radius 3 is 2.90 bits per heavy atom. The summed E-state index contributed by atoms with van der Waals surface area (Å²) in [6.07, 6.45) is 2.31. The number of carboxylic acid groups (broad SMARTS) is 1. The zero-order valence-electron chi connectivity index (χ0n) is 11.9. The number of hydrogen-bond donors (Lipinski definition) is 2. The quantitative estimate of drug-likeness (QED) is 0.808. The molecule has 0 aliphatic carbocycles. The number of furan rings is 1. The van der Waals surface area contributed by atoms with Crippen molar-refractivity contribution in [2.24, 2.45) is 0 Å². The summed E-state index contributed by atoms with van der Waals surface area (Å²) in [5, 5.41) is 12.0. The first-order valence-corrected chi connectivity index (χ1v) is 6.61. The predicted octanol–water partition coefficient (Wildman–Crippen LogP) is 2.48. The van der Waals surface area contributed by atoms with Crippen LogP contribution >= 0.6 is 0 Å². The van der Waals surface area contributed by atoms with Gasteiger partial charge in [0.25, 0.3) is 0 Å². The average Bonchev–Trinajstić information content (AvgIpc) is 2.85. The van der Waals surface area contributed by atoms with Gasteiger partial charge in [-0.1, -0.05) is 6.92 Å². The number of carbonyl (C=O) groups is 1. The first kappa shape index (κ1) is 14.8. The third-order valence-corrected chi connectivity index (χ3v) is 2.74. The molecule has 21 heavy (non-hydrogen) atoms. The molecule has 0 aromatic carbocycles. The van der Waals surface area contributed by atoms with Gasteiger partial charge in [0.1, 0.15) is 29.2 Å². The van der Waals surface area contributed by atoms with E-state index in [-0.39, 0.29) is 5.56 Å². The highest BCUT2D eigenvalue weighted by molar-refractivity contribution is 5.88. The molecule has 7 nitrogen and oxygen atoms in total. The Balaban J connectivity index is 1.99. The molecule has 0 saturated heterocycles. The SMILES string of the molecule is CCCOc1cc(NCc2cc(C(=O)O)c(C)o2)ncn1. The van der Waals surface area contributed by atoms with E-state index in [1.54, 1.807) is 13.0 Å². The minimum atomic E-state index is -1.00. The van der Waals surface area contributed by atoms with Gasteiger partial charge < -0.3 is 19.6 Å². The van der Waals surface area contributed by atoms with Crippen molar-refractivity contribution in [1.29, 1.82) is 0 Å². The second kappa shape index (κ2) is 6.74. The van der Waals surface area contributed by atoms with Crippen molar-refractivity contribution in [3.63, 3.8) is 0 Å². The van der Waals surface area contributed by atoms with Gasteiger partial charge in [-0.25, -0.2) is 14.8 Å². The summed E-state index contributed by atoms with van der Waals surface area (Å²) in [6.45, 7) is 4.56. The fourth-order valence-electron chi connectivity index (χ4n) is 1.74. The highest BCUT2D eigenvalue weighted by atomic mass is 16.5.